The Morgan fingerprint density at radius 3 is 2.41 bits per heavy atom. The summed E-state index contributed by atoms with van der Waals surface area (Å²) in [7, 11) is 0. The minimum atomic E-state index is 0.491. The predicted molar refractivity (Wildman–Crippen MR) is 71.2 cm³/mol. The number of aromatic nitrogens is 2. The minimum Gasteiger partial charge on any atom is -0.233 e. The van der Waals surface area contributed by atoms with Gasteiger partial charge in [-0.1, -0.05) is 49.2 Å². The summed E-state index contributed by atoms with van der Waals surface area (Å²) in [5.41, 5.74) is 3.32. The molecule has 0 N–H and O–H groups in total. The van der Waals surface area contributed by atoms with Crippen LogP contribution in [-0.2, 0) is 6.42 Å². The maximum Gasteiger partial charge on any atom is 0.133 e. The van der Waals surface area contributed by atoms with Crippen LogP contribution in [0.1, 0.15) is 24.7 Å². The van der Waals surface area contributed by atoms with Crippen molar-refractivity contribution in [3.05, 3.63) is 46.9 Å². The summed E-state index contributed by atoms with van der Waals surface area (Å²) in [5.74, 6) is 0.699. The van der Waals surface area contributed by atoms with Crippen molar-refractivity contribution in [2.24, 2.45) is 0 Å². The number of aryl methyl sites for hydroxylation is 2. The SMILES string of the molecule is CCCc1ccc(-c2cc(Cl)nc(C)n2)cc1. The lowest BCUT2D eigenvalue weighted by Gasteiger charge is -2.04. The molecule has 2 aromatic rings. The fourth-order valence-corrected chi connectivity index (χ4v) is 2.04. The number of hydrogen-bond acceptors (Lipinski definition) is 2. The molecule has 2 rings (SSSR count). The molecule has 2 nitrogen and oxygen atoms in total. The highest BCUT2D eigenvalue weighted by atomic mass is 35.5. The van der Waals surface area contributed by atoms with Gasteiger partial charge in [-0.15, -0.1) is 0 Å². The van der Waals surface area contributed by atoms with Gasteiger partial charge in [0.1, 0.15) is 11.0 Å². The standard InChI is InChI=1S/C14H15ClN2/c1-3-4-11-5-7-12(8-6-11)13-9-14(15)17-10(2)16-13/h5-9H,3-4H2,1-2H3. The van der Waals surface area contributed by atoms with Crippen LogP contribution in [0.2, 0.25) is 5.15 Å². The molecule has 0 aliphatic heterocycles. The van der Waals surface area contributed by atoms with E-state index in [0.29, 0.717) is 11.0 Å². The highest BCUT2D eigenvalue weighted by Crippen LogP contribution is 2.20. The first-order valence-electron chi connectivity index (χ1n) is 5.79. The number of nitrogens with zero attached hydrogens (tertiary/aromatic N) is 2. The van der Waals surface area contributed by atoms with Gasteiger partial charge in [0.25, 0.3) is 0 Å². The molecule has 0 radical (unpaired) electrons. The Kier molecular flexibility index (Phi) is 3.75. The lowest BCUT2D eigenvalue weighted by atomic mass is 10.1. The largest absolute Gasteiger partial charge is 0.233 e. The van der Waals surface area contributed by atoms with Crippen LogP contribution in [0.5, 0.6) is 0 Å². The summed E-state index contributed by atoms with van der Waals surface area (Å²) >= 11 is 5.93. The summed E-state index contributed by atoms with van der Waals surface area (Å²) < 4.78 is 0. The van der Waals surface area contributed by atoms with E-state index in [4.69, 9.17) is 11.6 Å². The zero-order chi connectivity index (χ0) is 12.3. The highest BCUT2D eigenvalue weighted by Gasteiger charge is 2.03. The third-order valence-electron chi connectivity index (χ3n) is 2.60. The van der Waals surface area contributed by atoms with E-state index in [1.54, 1.807) is 6.07 Å². The molecule has 0 saturated carbocycles. The second-order valence-corrected chi connectivity index (χ2v) is 4.46. The Hall–Kier alpha value is -1.41. The lowest BCUT2D eigenvalue weighted by molar-refractivity contribution is 0.922. The van der Waals surface area contributed by atoms with Crippen molar-refractivity contribution in [2.45, 2.75) is 26.7 Å². The zero-order valence-electron chi connectivity index (χ0n) is 10.1. The fraction of sp³-hybridized carbons (Fsp3) is 0.286. The molecule has 17 heavy (non-hydrogen) atoms. The molecule has 0 aliphatic rings. The molecule has 0 bridgehead atoms. The molecule has 0 unspecified atom stereocenters. The van der Waals surface area contributed by atoms with Gasteiger partial charge < -0.3 is 0 Å². The van der Waals surface area contributed by atoms with Gasteiger partial charge in [-0.05, 0) is 18.9 Å². The molecule has 1 aromatic heterocycles. The summed E-state index contributed by atoms with van der Waals surface area (Å²) in [5, 5.41) is 0.491. The Bertz CT molecular complexity index is 486. The van der Waals surface area contributed by atoms with Crippen molar-refractivity contribution < 1.29 is 0 Å². The van der Waals surface area contributed by atoms with Gasteiger partial charge in [-0.25, -0.2) is 9.97 Å². The maximum absolute atomic E-state index is 5.93. The van der Waals surface area contributed by atoms with E-state index in [0.717, 1.165) is 24.1 Å². The topological polar surface area (TPSA) is 25.8 Å². The van der Waals surface area contributed by atoms with Crippen molar-refractivity contribution in [1.29, 1.82) is 0 Å². The molecule has 0 spiro atoms. The van der Waals surface area contributed by atoms with E-state index in [9.17, 15) is 0 Å². The van der Waals surface area contributed by atoms with E-state index in [-0.39, 0.29) is 0 Å². The van der Waals surface area contributed by atoms with Crippen molar-refractivity contribution in [2.75, 3.05) is 0 Å². The minimum absolute atomic E-state index is 0.491. The van der Waals surface area contributed by atoms with Gasteiger partial charge in [-0.2, -0.15) is 0 Å². The Balaban J connectivity index is 2.32. The van der Waals surface area contributed by atoms with E-state index in [1.165, 1.54) is 5.56 Å². The second kappa shape index (κ2) is 5.28. The van der Waals surface area contributed by atoms with Crippen LogP contribution in [0, 0.1) is 6.92 Å². The molecule has 1 aromatic carbocycles. The van der Waals surface area contributed by atoms with Crippen LogP contribution in [0.4, 0.5) is 0 Å². The van der Waals surface area contributed by atoms with E-state index in [1.807, 2.05) is 6.92 Å². The molecule has 0 atom stereocenters. The Morgan fingerprint density at radius 1 is 1.12 bits per heavy atom. The predicted octanol–water partition coefficient (Wildman–Crippen LogP) is 4.06. The van der Waals surface area contributed by atoms with Gasteiger partial charge in [0, 0.05) is 11.6 Å². The van der Waals surface area contributed by atoms with Crippen LogP contribution in [0.3, 0.4) is 0 Å². The second-order valence-electron chi connectivity index (χ2n) is 4.07. The van der Waals surface area contributed by atoms with Gasteiger partial charge in [0.05, 0.1) is 5.69 Å². The number of halogens is 1. The van der Waals surface area contributed by atoms with Crippen LogP contribution in [0.25, 0.3) is 11.3 Å². The lowest BCUT2D eigenvalue weighted by Crippen LogP contribution is -1.92. The van der Waals surface area contributed by atoms with Gasteiger partial charge in [0.2, 0.25) is 0 Å². The number of benzene rings is 1. The molecule has 0 fully saturated rings. The Morgan fingerprint density at radius 2 is 1.82 bits per heavy atom. The van der Waals surface area contributed by atoms with Crippen LogP contribution in [-0.4, -0.2) is 9.97 Å². The molecule has 0 saturated heterocycles. The number of rotatable bonds is 3. The third-order valence-corrected chi connectivity index (χ3v) is 2.79. The number of hydrogen-bond donors (Lipinski definition) is 0. The molecule has 88 valence electrons. The first-order chi connectivity index (χ1) is 8.19. The van der Waals surface area contributed by atoms with Crippen LogP contribution < -0.4 is 0 Å². The zero-order valence-corrected chi connectivity index (χ0v) is 10.8. The molecular weight excluding hydrogens is 232 g/mol. The average Bonchev–Trinajstić information content (AvgIpc) is 2.29. The molecule has 0 aliphatic carbocycles. The van der Waals surface area contributed by atoms with E-state index >= 15 is 0 Å². The molecule has 3 heteroatoms. The third kappa shape index (κ3) is 3.04. The Labute approximate surface area is 107 Å². The summed E-state index contributed by atoms with van der Waals surface area (Å²) in [6, 6.07) is 10.3. The molecule has 1 heterocycles. The summed E-state index contributed by atoms with van der Waals surface area (Å²) in [6.07, 6.45) is 2.28. The van der Waals surface area contributed by atoms with Gasteiger partial charge in [0.15, 0.2) is 0 Å². The van der Waals surface area contributed by atoms with Crippen LogP contribution in [0.15, 0.2) is 30.3 Å². The van der Waals surface area contributed by atoms with Crippen molar-refractivity contribution >= 4 is 11.6 Å². The van der Waals surface area contributed by atoms with Gasteiger partial charge >= 0.3 is 0 Å². The first kappa shape index (κ1) is 12.1. The first-order valence-corrected chi connectivity index (χ1v) is 6.17. The van der Waals surface area contributed by atoms with Crippen LogP contribution >= 0.6 is 11.6 Å². The quantitative estimate of drug-likeness (QED) is 0.764. The summed E-state index contributed by atoms with van der Waals surface area (Å²) in [4.78, 5) is 8.45. The monoisotopic (exact) mass is 246 g/mol. The van der Waals surface area contributed by atoms with E-state index in [2.05, 4.69) is 41.2 Å². The molecule has 0 amide bonds. The van der Waals surface area contributed by atoms with E-state index < -0.39 is 0 Å². The normalized spacial score (nSPS) is 10.5. The smallest absolute Gasteiger partial charge is 0.133 e. The highest BCUT2D eigenvalue weighted by molar-refractivity contribution is 6.29. The average molecular weight is 247 g/mol. The van der Waals surface area contributed by atoms with Crippen molar-refractivity contribution in [1.82, 2.24) is 9.97 Å². The van der Waals surface area contributed by atoms with Crippen molar-refractivity contribution in [3.63, 3.8) is 0 Å². The maximum atomic E-state index is 5.93. The summed E-state index contributed by atoms with van der Waals surface area (Å²) in [6.45, 7) is 4.03. The van der Waals surface area contributed by atoms with Crippen molar-refractivity contribution in [3.8, 4) is 11.3 Å². The van der Waals surface area contributed by atoms with Gasteiger partial charge in [-0.3, -0.25) is 0 Å². The fourth-order valence-electron chi connectivity index (χ4n) is 1.81. The molecular formula is C14H15ClN2.